The molecular formula is C14H27NO4. The van der Waals surface area contributed by atoms with Crippen molar-refractivity contribution in [2.75, 3.05) is 6.61 Å². The van der Waals surface area contributed by atoms with E-state index in [9.17, 15) is 9.59 Å². The summed E-state index contributed by atoms with van der Waals surface area (Å²) < 4.78 is 10.2. The molecule has 0 radical (unpaired) electrons. The van der Waals surface area contributed by atoms with E-state index in [1.54, 1.807) is 27.7 Å². The first-order valence-electron chi connectivity index (χ1n) is 6.74. The highest BCUT2D eigenvalue weighted by molar-refractivity contribution is 5.81. The van der Waals surface area contributed by atoms with Crippen LogP contribution < -0.4 is 5.32 Å². The second kappa shape index (κ2) is 7.36. The van der Waals surface area contributed by atoms with Crippen molar-refractivity contribution in [3.63, 3.8) is 0 Å². The average Bonchev–Trinajstić information content (AvgIpc) is 2.22. The molecule has 112 valence electrons. The summed E-state index contributed by atoms with van der Waals surface area (Å²) in [6, 6.07) is -0.685. The van der Waals surface area contributed by atoms with Gasteiger partial charge in [-0.2, -0.15) is 0 Å². The number of hydrogen-bond donors (Lipinski definition) is 1. The molecule has 0 aliphatic heterocycles. The van der Waals surface area contributed by atoms with Crippen LogP contribution in [0.2, 0.25) is 0 Å². The predicted molar refractivity (Wildman–Crippen MR) is 73.8 cm³/mol. The number of hydrogen-bond acceptors (Lipinski definition) is 4. The highest BCUT2D eigenvalue weighted by Crippen LogP contribution is 2.17. The Kier molecular flexibility index (Phi) is 6.87. The fraction of sp³-hybridized carbons (Fsp3) is 0.857. The molecule has 5 heteroatoms. The number of carbonyl (C=O) groups excluding carboxylic acids is 2. The van der Waals surface area contributed by atoms with Crippen molar-refractivity contribution in [1.82, 2.24) is 5.32 Å². The van der Waals surface area contributed by atoms with Gasteiger partial charge >= 0.3 is 12.1 Å². The summed E-state index contributed by atoms with van der Waals surface area (Å²) in [6.07, 6.45) is -0.599. The predicted octanol–water partition coefficient (Wildman–Crippen LogP) is 2.73. The van der Waals surface area contributed by atoms with Gasteiger partial charge in [0.15, 0.2) is 0 Å². The van der Waals surface area contributed by atoms with E-state index >= 15 is 0 Å². The van der Waals surface area contributed by atoms with E-state index < -0.39 is 23.7 Å². The zero-order valence-corrected chi connectivity index (χ0v) is 13.1. The van der Waals surface area contributed by atoms with Gasteiger partial charge in [-0.1, -0.05) is 20.8 Å². The topological polar surface area (TPSA) is 64.6 Å². The van der Waals surface area contributed by atoms with Crippen LogP contribution in [0.4, 0.5) is 4.79 Å². The first kappa shape index (κ1) is 17.7. The van der Waals surface area contributed by atoms with E-state index in [4.69, 9.17) is 9.47 Å². The van der Waals surface area contributed by atoms with Crippen LogP contribution in [-0.2, 0) is 14.3 Å². The van der Waals surface area contributed by atoms with Crippen LogP contribution >= 0.6 is 0 Å². The van der Waals surface area contributed by atoms with E-state index in [0.717, 1.165) is 0 Å². The lowest BCUT2D eigenvalue weighted by Crippen LogP contribution is -2.49. The Bertz CT molecular complexity index is 307. The van der Waals surface area contributed by atoms with Gasteiger partial charge in [-0.05, 0) is 39.5 Å². The van der Waals surface area contributed by atoms with Gasteiger partial charge in [0.25, 0.3) is 0 Å². The fourth-order valence-electron chi connectivity index (χ4n) is 1.46. The van der Waals surface area contributed by atoms with Gasteiger partial charge < -0.3 is 14.8 Å². The minimum atomic E-state index is -0.685. The van der Waals surface area contributed by atoms with Crippen LogP contribution in [0.5, 0.6) is 0 Å². The van der Waals surface area contributed by atoms with Crippen molar-refractivity contribution in [3.8, 4) is 0 Å². The van der Waals surface area contributed by atoms with E-state index in [2.05, 4.69) is 5.32 Å². The maximum absolute atomic E-state index is 11.9. The minimum Gasteiger partial charge on any atom is -0.464 e. The Balaban J connectivity index is 4.76. The van der Waals surface area contributed by atoms with E-state index in [0.29, 0.717) is 0 Å². The summed E-state index contributed by atoms with van der Waals surface area (Å²) in [5.74, 6) is -0.217. The summed E-state index contributed by atoms with van der Waals surface area (Å²) in [6.45, 7) is 13.2. The number of rotatable bonds is 5. The molecule has 0 rings (SSSR count). The third-order valence-corrected chi connectivity index (χ3v) is 2.79. The number of ether oxygens (including phenoxy) is 2. The lowest BCUT2D eigenvalue weighted by atomic mass is 9.90. The van der Waals surface area contributed by atoms with Gasteiger partial charge in [0.05, 0.1) is 6.61 Å². The molecule has 0 fully saturated rings. The normalized spacial score (nSPS) is 14.7. The number of carbonyl (C=O) groups is 2. The molecule has 0 aromatic carbocycles. The molecule has 0 heterocycles. The summed E-state index contributed by atoms with van der Waals surface area (Å²) in [4.78, 5) is 23.7. The molecule has 0 aliphatic carbocycles. The molecule has 0 saturated carbocycles. The van der Waals surface area contributed by atoms with Crippen LogP contribution in [0, 0.1) is 11.8 Å². The molecule has 0 aliphatic rings. The van der Waals surface area contributed by atoms with Crippen LogP contribution in [0.25, 0.3) is 0 Å². The monoisotopic (exact) mass is 273 g/mol. The van der Waals surface area contributed by atoms with Crippen molar-refractivity contribution >= 4 is 12.1 Å². The van der Waals surface area contributed by atoms with Crippen LogP contribution in [-0.4, -0.2) is 30.3 Å². The standard InChI is InChI=1S/C14H27NO4/c1-8-18-12(16)11(10(4)9(2)3)15-13(17)19-14(5,6)7/h9-11H,8H2,1-7H3,(H,15,17)/t10-,11-/m0/s1. The molecule has 0 aromatic heterocycles. The molecule has 0 unspecified atom stereocenters. The third-order valence-electron chi connectivity index (χ3n) is 2.79. The molecule has 0 bridgehead atoms. The molecular weight excluding hydrogens is 246 g/mol. The Labute approximate surface area is 116 Å². The first-order valence-corrected chi connectivity index (χ1v) is 6.74. The third kappa shape index (κ3) is 7.03. The highest BCUT2D eigenvalue weighted by Gasteiger charge is 2.31. The summed E-state index contributed by atoms with van der Waals surface area (Å²) in [5, 5.41) is 2.60. The highest BCUT2D eigenvalue weighted by atomic mass is 16.6. The molecule has 5 nitrogen and oxygen atoms in total. The molecule has 1 N–H and O–H groups in total. The molecule has 0 spiro atoms. The van der Waals surface area contributed by atoms with Gasteiger partial charge in [0.1, 0.15) is 11.6 Å². The van der Waals surface area contributed by atoms with E-state index in [-0.39, 0.29) is 18.4 Å². The Morgan fingerprint density at radius 2 is 1.68 bits per heavy atom. The van der Waals surface area contributed by atoms with E-state index in [1.165, 1.54) is 0 Å². The zero-order chi connectivity index (χ0) is 15.2. The van der Waals surface area contributed by atoms with Crippen molar-refractivity contribution < 1.29 is 19.1 Å². The fourth-order valence-corrected chi connectivity index (χ4v) is 1.46. The SMILES string of the molecule is CCOC(=O)[C@@H](NC(=O)OC(C)(C)C)[C@@H](C)C(C)C. The Morgan fingerprint density at radius 1 is 1.16 bits per heavy atom. The lowest BCUT2D eigenvalue weighted by molar-refractivity contribution is -0.147. The Morgan fingerprint density at radius 3 is 2.05 bits per heavy atom. The number of alkyl carbamates (subject to hydrolysis) is 1. The summed E-state index contributed by atoms with van der Waals surface area (Å²) in [7, 11) is 0. The van der Waals surface area contributed by atoms with Crippen molar-refractivity contribution in [3.05, 3.63) is 0 Å². The van der Waals surface area contributed by atoms with Gasteiger partial charge in [-0.25, -0.2) is 9.59 Å². The van der Waals surface area contributed by atoms with Gasteiger partial charge in [-0.15, -0.1) is 0 Å². The van der Waals surface area contributed by atoms with Crippen LogP contribution in [0.15, 0.2) is 0 Å². The molecule has 2 atom stereocenters. The molecule has 0 aromatic rings. The smallest absolute Gasteiger partial charge is 0.408 e. The van der Waals surface area contributed by atoms with Gasteiger partial charge in [0, 0.05) is 0 Å². The minimum absolute atomic E-state index is 0.0356. The zero-order valence-electron chi connectivity index (χ0n) is 13.1. The largest absolute Gasteiger partial charge is 0.464 e. The van der Waals surface area contributed by atoms with Crippen molar-refractivity contribution in [1.29, 1.82) is 0 Å². The van der Waals surface area contributed by atoms with E-state index in [1.807, 2.05) is 20.8 Å². The number of amides is 1. The van der Waals surface area contributed by atoms with Crippen molar-refractivity contribution in [2.45, 2.75) is 60.1 Å². The quantitative estimate of drug-likeness (QED) is 0.782. The first-order chi connectivity index (χ1) is 8.58. The second-order valence-electron chi connectivity index (χ2n) is 5.98. The lowest BCUT2D eigenvalue weighted by Gasteiger charge is -2.27. The van der Waals surface area contributed by atoms with Crippen molar-refractivity contribution in [2.24, 2.45) is 11.8 Å². The Hall–Kier alpha value is -1.26. The summed E-state index contributed by atoms with van der Waals surface area (Å²) >= 11 is 0. The van der Waals surface area contributed by atoms with Crippen LogP contribution in [0.1, 0.15) is 48.5 Å². The molecule has 1 amide bonds. The molecule has 19 heavy (non-hydrogen) atoms. The maximum atomic E-state index is 11.9. The average molecular weight is 273 g/mol. The van der Waals surface area contributed by atoms with Gasteiger partial charge in [-0.3, -0.25) is 0 Å². The molecule has 0 saturated heterocycles. The van der Waals surface area contributed by atoms with Crippen LogP contribution in [0.3, 0.4) is 0 Å². The van der Waals surface area contributed by atoms with Gasteiger partial charge in [0.2, 0.25) is 0 Å². The second-order valence-corrected chi connectivity index (χ2v) is 5.98. The number of nitrogens with one attached hydrogen (secondary N) is 1. The number of esters is 1. The summed E-state index contributed by atoms with van der Waals surface area (Å²) in [5.41, 5.74) is -0.593. The maximum Gasteiger partial charge on any atom is 0.408 e.